The third kappa shape index (κ3) is 5.04. The van der Waals surface area contributed by atoms with E-state index in [0.717, 1.165) is 0 Å². The van der Waals surface area contributed by atoms with E-state index in [1.807, 2.05) is 0 Å². The first-order valence-electron chi connectivity index (χ1n) is 2.66. The molecule has 0 aliphatic rings. The van der Waals surface area contributed by atoms with E-state index in [-0.39, 0.29) is 13.1 Å². The SMILES string of the molecule is COC(=O)CNCC(=O)O. The van der Waals surface area contributed by atoms with E-state index in [4.69, 9.17) is 5.11 Å². The predicted octanol–water partition coefficient (Wildman–Crippen LogP) is -1.17. The average molecular weight is 147 g/mol. The van der Waals surface area contributed by atoms with Crippen LogP contribution in [0.25, 0.3) is 0 Å². The monoisotopic (exact) mass is 147 g/mol. The highest BCUT2D eigenvalue weighted by Gasteiger charge is 1.99. The number of carboxylic acid groups (broad SMARTS) is 1. The summed E-state index contributed by atoms with van der Waals surface area (Å²) in [6, 6.07) is 0. The minimum atomic E-state index is -0.996. The minimum Gasteiger partial charge on any atom is -0.480 e. The Morgan fingerprint density at radius 2 is 2.10 bits per heavy atom. The Bertz CT molecular complexity index is 134. The number of aliphatic carboxylic acids is 1. The number of carboxylic acids is 1. The van der Waals surface area contributed by atoms with Crippen LogP contribution in [-0.2, 0) is 14.3 Å². The van der Waals surface area contributed by atoms with Crippen molar-refractivity contribution in [2.24, 2.45) is 0 Å². The van der Waals surface area contributed by atoms with Gasteiger partial charge in [0.2, 0.25) is 0 Å². The molecule has 0 aliphatic carbocycles. The highest BCUT2D eigenvalue weighted by atomic mass is 16.5. The van der Waals surface area contributed by atoms with Crippen molar-refractivity contribution in [3.8, 4) is 0 Å². The number of rotatable bonds is 4. The Kier molecular flexibility index (Phi) is 4.23. The van der Waals surface area contributed by atoms with Crippen LogP contribution in [-0.4, -0.2) is 37.2 Å². The molecule has 0 saturated carbocycles. The van der Waals surface area contributed by atoms with Crippen molar-refractivity contribution >= 4 is 11.9 Å². The molecule has 0 amide bonds. The second-order valence-corrected chi connectivity index (χ2v) is 1.57. The molecule has 0 aliphatic heterocycles. The second-order valence-electron chi connectivity index (χ2n) is 1.57. The van der Waals surface area contributed by atoms with Gasteiger partial charge in [0.25, 0.3) is 0 Å². The second kappa shape index (κ2) is 4.75. The van der Waals surface area contributed by atoms with Crippen LogP contribution in [0.15, 0.2) is 0 Å². The zero-order valence-electron chi connectivity index (χ0n) is 5.59. The summed E-state index contributed by atoms with van der Waals surface area (Å²) in [6.45, 7) is -0.294. The van der Waals surface area contributed by atoms with Gasteiger partial charge >= 0.3 is 11.9 Å². The van der Waals surface area contributed by atoms with Gasteiger partial charge in [0.05, 0.1) is 20.2 Å². The summed E-state index contributed by atoms with van der Waals surface area (Å²) in [5.74, 6) is -1.47. The molecule has 5 heteroatoms. The standard InChI is InChI=1S/C5H9NO4/c1-10-5(9)3-6-2-4(7)8/h6H,2-3H2,1H3,(H,7,8). The molecule has 0 saturated heterocycles. The number of esters is 1. The molecular weight excluding hydrogens is 138 g/mol. The van der Waals surface area contributed by atoms with E-state index in [9.17, 15) is 9.59 Å². The van der Waals surface area contributed by atoms with E-state index in [2.05, 4.69) is 10.1 Å². The Balaban J connectivity index is 3.20. The molecule has 5 nitrogen and oxygen atoms in total. The number of methoxy groups -OCH3 is 1. The van der Waals surface area contributed by atoms with Gasteiger partial charge in [-0.15, -0.1) is 0 Å². The van der Waals surface area contributed by atoms with Crippen molar-refractivity contribution in [1.82, 2.24) is 5.32 Å². The number of ether oxygens (including phenoxy) is 1. The lowest BCUT2D eigenvalue weighted by atomic mass is 10.6. The molecule has 10 heavy (non-hydrogen) atoms. The summed E-state index contributed by atoms with van der Waals surface area (Å²) in [5, 5.41) is 10.4. The van der Waals surface area contributed by atoms with Crippen molar-refractivity contribution in [2.45, 2.75) is 0 Å². The van der Waals surface area contributed by atoms with Crippen LogP contribution in [0.1, 0.15) is 0 Å². The predicted molar refractivity (Wildman–Crippen MR) is 32.5 cm³/mol. The largest absolute Gasteiger partial charge is 0.480 e. The molecule has 0 aromatic heterocycles. The van der Waals surface area contributed by atoms with Gasteiger partial charge in [0, 0.05) is 0 Å². The number of carbonyl (C=O) groups excluding carboxylic acids is 1. The molecule has 0 spiro atoms. The minimum absolute atomic E-state index is 0.0667. The molecule has 0 atom stereocenters. The number of hydrogen-bond acceptors (Lipinski definition) is 4. The van der Waals surface area contributed by atoms with Crippen molar-refractivity contribution in [3.05, 3.63) is 0 Å². The maximum absolute atomic E-state index is 10.3. The van der Waals surface area contributed by atoms with E-state index >= 15 is 0 Å². The molecule has 0 rings (SSSR count). The van der Waals surface area contributed by atoms with Crippen molar-refractivity contribution in [2.75, 3.05) is 20.2 Å². The maximum Gasteiger partial charge on any atom is 0.319 e. The van der Waals surface area contributed by atoms with Crippen LogP contribution < -0.4 is 5.32 Å². The molecule has 0 bridgehead atoms. The van der Waals surface area contributed by atoms with Gasteiger partial charge in [-0.05, 0) is 0 Å². The lowest BCUT2D eigenvalue weighted by molar-refractivity contribution is -0.140. The molecule has 0 fully saturated rings. The highest BCUT2D eigenvalue weighted by Crippen LogP contribution is 1.68. The smallest absolute Gasteiger partial charge is 0.319 e. The zero-order chi connectivity index (χ0) is 7.98. The van der Waals surface area contributed by atoms with Gasteiger partial charge in [0.15, 0.2) is 0 Å². The van der Waals surface area contributed by atoms with Crippen LogP contribution in [0.5, 0.6) is 0 Å². The molecular formula is C5H9NO4. The van der Waals surface area contributed by atoms with Gasteiger partial charge < -0.3 is 9.84 Å². The highest BCUT2D eigenvalue weighted by molar-refractivity contribution is 5.73. The molecule has 0 aromatic rings. The van der Waals surface area contributed by atoms with E-state index in [1.54, 1.807) is 0 Å². The number of hydrogen-bond donors (Lipinski definition) is 2. The molecule has 0 unspecified atom stereocenters. The average Bonchev–Trinajstić information content (AvgIpc) is 1.87. The lowest BCUT2D eigenvalue weighted by Gasteiger charge is -1.97. The van der Waals surface area contributed by atoms with Crippen LogP contribution in [0.3, 0.4) is 0 Å². The van der Waals surface area contributed by atoms with Crippen LogP contribution in [0.2, 0.25) is 0 Å². The fourth-order valence-electron chi connectivity index (χ4n) is 0.344. The van der Waals surface area contributed by atoms with Crippen LogP contribution >= 0.6 is 0 Å². The summed E-state index contributed by atoms with van der Waals surface area (Å²) in [7, 11) is 1.24. The van der Waals surface area contributed by atoms with Crippen LogP contribution in [0.4, 0.5) is 0 Å². The Labute approximate surface area is 58.0 Å². The normalized spacial score (nSPS) is 8.90. The molecule has 0 aromatic carbocycles. The Morgan fingerprint density at radius 3 is 2.50 bits per heavy atom. The van der Waals surface area contributed by atoms with Gasteiger partial charge in [-0.1, -0.05) is 0 Å². The zero-order valence-corrected chi connectivity index (χ0v) is 5.59. The van der Waals surface area contributed by atoms with Gasteiger partial charge in [0.1, 0.15) is 0 Å². The summed E-state index contributed by atoms with van der Waals surface area (Å²) >= 11 is 0. The van der Waals surface area contributed by atoms with E-state index in [0.29, 0.717) is 0 Å². The molecule has 2 N–H and O–H groups in total. The molecule has 0 radical (unpaired) electrons. The van der Waals surface area contributed by atoms with Gasteiger partial charge in [-0.3, -0.25) is 14.9 Å². The molecule has 0 heterocycles. The van der Waals surface area contributed by atoms with Crippen molar-refractivity contribution in [1.29, 1.82) is 0 Å². The first-order valence-corrected chi connectivity index (χ1v) is 2.66. The Morgan fingerprint density at radius 1 is 1.50 bits per heavy atom. The van der Waals surface area contributed by atoms with Crippen molar-refractivity contribution < 1.29 is 19.4 Å². The third-order valence-electron chi connectivity index (χ3n) is 0.773. The summed E-state index contributed by atoms with van der Waals surface area (Å²) in [5.41, 5.74) is 0. The first kappa shape index (κ1) is 8.90. The fraction of sp³-hybridized carbons (Fsp3) is 0.600. The summed E-state index contributed by atoms with van der Waals surface area (Å²) in [4.78, 5) is 20.2. The third-order valence-corrected chi connectivity index (χ3v) is 0.773. The first-order chi connectivity index (χ1) is 4.66. The van der Waals surface area contributed by atoms with E-state index in [1.165, 1.54) is 7.11 Å². The quantitative estimate of drug-likeness (QED) is 0.490. The lowest BCUT2D eigenvalue weighted by Crippen LogP contribution is -2.28. The van der Waals surface area contributed by atoms with Gasteiger partial charge in [-0.25, -0.2) is 0 Å². The number of carbonyl (C=O) groups is 2. The van der Waals surface area contributed by atoms with E-state index < -0.39 is 11.9 Å². The summed E-state index contributed by atoms with van der Waals surface area (Å²) < 4.78 is 4.24. The topological polar surface area (TPSA) is 75.6 Å². The van der Waals surface area contributed by atoms with Gasteiger partial charge in [-0.2, -0.15) is 0 Å². The number of nitrogens with one attached hydrogen (secondary N) is 1. The summed E-state index contributed by atoms with van der Waals surface area (Å²) in [6.07, 6.45) is 0. The Hall–Kier alpha value is -1.10. The fourth-order valence-corrected chi connectivity index (χ4v) is 0.344. The van der Waals surface area contributed by atoms with Crippen LogP contribution in [0, 0.1) is 0 Å². The maximum atomic E-state index is 10.3. The molecule has 58 valence electrons. The van der Waals surface area contributed by atoms with Crippen molar-refractivity contribution in [3.63, 3.8) is 0 Å².